The molecule has 2 aromatic rings. The van der Waals surface area contributed by atoms with Gasteiger partial charge in [-0.05, 0) is 44.5 Å². The first kappa shape index (κ1) is 18.7. The van der Waals surface area contributed by atoms with Crippen LogP contribution in [0, 0.1) is 0 Å². The first-order valence-corrected chi connectivity index (χ1v) is 8.21. The normalized spacial score (nSPS) is 16.2. The molecule has 1 aromatic carbocycles. The van der Waals surface area contributed by atoms with Gasteiger partial charge in [-0.15, -0.1) is 17.5 Å². The highest BCUT2D eigenvalue weighted by Crippen LogP contribution is 2.22. The first-order valence-electron chi connectivity index (χ1n) is 7.83. The lowest BCUT2D eigenvalue weighted by atomic mass is 10.1. The summed E-state index contributed by atoms with van der Waals surface area (Å²) in [5.41, 5.74) is 1.22. The maximum Gasteiger partial charge on any atom is 0.273 e. The molecule has 0 spiro atoms. The zero-order valence-corrected chi connectivity index (χ0v) is 15.0. The fourth-order valence-electron chi connectivity index (χ4n) is 2.81. The fourth-order valence-corrected chi connectivity index (χ4v) is 3.10. The molecule has 1 fully saturated rings. The smallest absolute Gasteiger partial charge is 0.273 e. The van der Waals surface area contributed by atoms with Crippen LogP contribution in [0.1, 0.15) is 47.9 Å². The Kier molecular flexibility index (Phi) is 6.60. The zero-order chi connectivity index (χ0) is 16.2. The maximum absolute atomic E-state index is 12.4. The van der Waals surface area contributed by atoms with Gasteiger partial charge in [0, 0.05) is 5.02 Å². The van der Waals surface area contributed by atoms with E-state index in [2.05, 4.69) is 20.9 Å². The average Bonchev–Trinajstić information content (AvgIpc) is 3.06. The maximum atomic E-state index is 12.4. The summed E-state index contributed by atoms with van der Waals surface area (Å²) in [5, 5.41) is 15.0. The number of nitrogens with zero attached hydrogens (tertiary/aromatic N) is 3. The molecule has 2 heterocycles. The van der Waals surface area contributed by atoms with Gasteiger partial charge in [0.2, 0.25) is 0 Å². The summed E-state index contributed by atoms with van der Waals surface area (Å²) in [5.74, 6) is -0.238. The Morgan fingerprint density at radius 1 is 1.38 bits per heavy atom. The largest absolute Gasteiger partial charge is 0.344 e. The van der Waals surface area contributed by atoms with E-state index in [1.165, 1.54) is 0 Å². The fraction of sp³-hybridized carbons (Fsp3) is 0.438. The molecule has 24 heavy (non-hydrogen) atoms. The number of amides is 1. The van der Waals surface area contributed by atoms with Crippen molar-refractivity contribution in [2.75, 3.05) is 13.1 Å². The van der Waals surface area contributed by atoms with Crippen molar-refractivity contribution < 1.29 is 4.79 Å². The molecule has 1 atom stereocenters. The summed E-state index contributed by atoms with van der Waals surface area (Å²) < 4.78 is 1.80. The highest BCUT2D eigenvalue weighted by molar-refractivity contribution is 6.31. The predicted octanol–water partition coefficient (Wildman–Crippen LogP) is 2.77. The van der Waals surface area contributed by atoms with Gasteiger partial charge in [0.15, 0.2) is 5.69 Å². The summed E-state index contributed by atoms with van der Waals surface area (Å²) in [6.07, 6.45) is 3.73. The molecule has 8 heteroatoms. The molecule has 6 nitrogen and oxygen atoms in total. The lowest BCUT2D eigenvalue weighted by molar-refractivity contribution is 0.0934. The Bertz CT molecular complexity index is 685. The van der Waals surface area contributed by atoms with E-state index >= 15 is 0 Å². The van der Waals surface area contributed by atoms with Crippen LogP contribution in [0.3, 0.4) is 0 Å². The molecule has 3 rings (SSSR count). The van der Waals surface area contributed by atoms with Crippen LogP contribution < -0.4 is 10.6 Å². The topological polar surface area (TPSA) is 71.8 Å². The number of hydrogen-bond acceptors (Lipinski definition) is 4. The monoisotopic (exact) mass is 369 g/mol. The van der Waals surface area contributed by atoms with Crippen LogP contribution >= 0.6 is 24.0 Å². The second kappa shape index (κ2) is 8.46. The van der Waals surface area contributed by atoms with E-state index < -0.39 is 0 Å². The van der Waals surface area contributed by atoms with E-state index in [1.54, 1.807) is 10.9 Å². The molecule has 0 aliphatic carbocycles. The van der Waals surface area contributed by atoms with Gasteiger partial charge in [-0.3, -0.25) is 4.79 Å². The van der Waals surface area contributed by atoms with E-state index in [4.69, 9.17) is 11.6 Å². The average molecular weight is 370 g/mol. The molecular formula is C16H21Cl2N5O. The van der Waals surface area contributed by atoms with Crippen LogP contribution in [-0.2, 0) is 0 Å². The van der Waals surface area contributed by atoms with Crippen molar-refractivity contribution in [2.45, 2.75) is 31.8 Å². The van der Waals surface area contributed by atoms with Crippen LogP contribution in [0.25, 0.3) is 0 Å². The van der Waals surface area contributed by atoms with E-state index in [-0.39, 0.29) is 24.4 Å². The van der Waals surface area contributed by atoms with E-state index in [0.29, 0.717) is 16.8 Å². The van der Waals surface area contributed by atoms with Crippen molar-refractivity contribution in [2.24, 2.45) is 0 Å². The second-order valence-electron chi connectivity index (χ2n) is 5.78. The van der Waals surface area contributed by atoms with Crippen LogP contribution in [-0.4, -0.2) is 34.0 Å². The SMILES string of the molecule is CC(NC(=O)c1cn(C2CCNCC2)nn1)c1ccccc1Cl.Cl. The van der Waals surface area contributed by atoms with Crippen molar-refractivity contribution in [3.8, 4) is 0 Å². The van der Waals surface area contributed by atoms with Crippen molar-refractivity contribution in [3.63, 3.8) is 0 Å². The van der Waals surface area contributed by atoms with E-state index in [1.807, 2.05) is 31.2 Å². The Hall–Kier alpha value is -1.63. The number of benzene rings is 1. The number of piperidine rings is 1. The number of aromatic nitrogens is 3. The van der Waals surface area contributed by atoms with Gasteiger partial charge in [-0.2, -0.15) is 0 Å². The van der Waals surface area contributed by atoms with Gasteiger partial charge < -0.3 is 10.6 Å². The van der Waals surface area contributed by atoms with Crippen LogP contribution in [0.15, 0.2) is 30.5 Å². The first-order chi connectivity index (χ1) is 11.1. The number of rotatable bonds is 4. The number of hydrogen-bond donors (Lipinski definition) is 2. The Morgan fingerprint density at radius 3 is 2.79 bits per heavy atom. The highest BCUT2D eigenvalue weighted by Gasteiger charge is 2.20. The molecular weight excluding hydrogens is 349 g/mol. The van der Waals surface area contributed by atoms with Crippen molar-refractivity contribution in [1.82, 2.24) is 25.6 Å². The van der Waals surface area contributed by atoms with Crippen LogP contribution in [0.2, 0.25) is 5.02 Å². The minimum Gasteiger partial charge on any atom is -0.344 e. The summed E-state index contributed by atoms with van der Waals surface area (Å²) in [4.78, 5) is 12.4. The Morgan fingerprint density at radius 2 is 2.08 bits per heavy atom. The molecule has 1 saturated heterocycles. The van der Waals surface area contributed by atoms with Crippen molar-refractivity contribution in [1.29, 1.82) is 0 Å². The quantitative estimate of drug-likeness (QED) is 0.868. The third-order valence-corrected chi connectivity index (χ3v) is 4.49. The molecule has 0 saturated carbocycles. The highest BCUT2D eigenvalue weighted by atomic mass is 35.5. The standard InChI is InChI=1S/C16H20ClN5O.ClH/c1-11(13-4-2-3-5-14(13)17)19-16(23)15-10-22(21-20-15)12-6-8-18-9-7-12;/h2-5,10-12,18H,6-9H2,1H3,(H,19,23);1H. The van der Waals surface area contributed by atoms with Crippen molar-refractivity contribution >= 4 is 29.9 Å². The van der Waals surface area contributed by atoms with Crippen LogP contribution in [0.4, 0.5) is 0 Å². The van der Waals surface area contributed by atoms with Gasteiger partial charge in [-0.25, -0.2) is 4.68 Å². The molecule has 1 amide bonds. The molecule has 1 aromatic heterocycles. The van der Waals surface area contributed by atoms with Gasteiger partial charge in [0.05, 0.1) is 18.3 Å². The minimum atomic E-state index is -0.238. The summed E-state index contributed by atoms with van der Waals surface area (Å²) >= 11 is 6.16. The Balaban J connectivity index is 0.00000208. The van der Waals surface area contributed by atoms with Gasteiger partial charge in [-0.1, -0.05) is 35.0 Å². The van der Waals surface area contributed by atoms with Gasteiger partial charge >= 0.3 is 0 Å². The molecule has 0 radical (unpaired) electrons. The predicted molar refractivity (Wildman–Crippen MR) is 95.7 cm³/mol. The van der Waals surface area contributed by atoms with E-state index in [9.17, 15) is 4.79 Å². The molecule has 0 bridgehead atoms. The summed E-state index contributed by atoms with van der Waals surface area (Å²) in [7, 11) is 0. The Labute approximate surface area is 152 Å². The second-order valence-corrected chi connectivity index (χ2v) is 6.19. The third-order valence-electron chi connectivity index (χ3n) is 4.15. The summed E-state index contributed by atoms with van der Waals surface area (Å²) in [6.45, 7) is 3.83. The zero-order valence-electron chi connectivity index (χ0n) is 13.4. The minimum absolute atomic E-state index is 0. The number of nitrogens with one attached hydrogen (secondary N) is 2. The molecule has 1 aliphatic rings. The third kappa shape index (κ3) is 4.26. The van der Waals surface area contributed by atoms with E-state index in [0.717, 1.165) is 31.5 Å². The molecule has 2 N–H and O–H groups in total. The van der Waals surface area contributed by atoms with Gasteiger partial charge in [0.1, 0.15) is 0 Å². The lowest BCUT2D eigenvalue weighted by Crippen LogP contribution is -2.29. The molecule has 1 aliphatic heterocycles. The molecule has 1 unspecified atom stereocenters. The van der Waals surface area contributed by atoms with Gasteiger partial charge in [0.25, 0.3) is 5.91 Å². The molecule has 130 valence electrons. The number of carbonyl (C=O) groups excluding carboxylic acids is 1. The van der Waals surface area contributed by atoms with Crippen LogP contribution in [0.5, 0.6) is 0 Å². The number of halogens is 2. The van der Waals surface area contributed by atoms with Crippen molar-refractivity contribution in [3.05, 3.63) is 46.7 Å². The lowest BCUT2D eigenvalue weighted by Gasteiger charge is -2.22. The summed E-state index contributed by atoms with van der Waals surface area (Å²) in [6, 6.07) is 7.60. The number of carbonyl (C=O) groups is 1.